The second kappa shape index (κ2) is 7.52. The second-order valence-corrected chi connectivity index (χ2v) is 10.0. The molecule has 1 saturated carbocycles. The van der Waals surface area contributed by atoms with Crippen LogP contribution in [-0.2, 0) is 19.6 Å². The molecule has 3 aliphatic rings. The van der Waals surface area contributed by atoms with Crippen LogP contribution in [0.1, 0.15) is 37.7 Å². The van der Waals surface area contributed by atoms with E-state index in [-0.39, 0.29) is 23.4 Å². The summed E-state index contributed by atoms with van der Waals surface area (Å²) in [5.74, 6) is -0.155. The summed E-state index contributed by atoms with van der Waals surface area (Å²) in [5.41, 5.74) is -0.0635. The molecule has 29 heavy (non-hydrogen) atoms. The first-order chi connectivity index (χ1) is 13.9. The van der Waals surface area contributed by atoms with Crippen molar-refractivity contribution >= 4 is 21.8 Å². The molecular weight excluding hydrogens is 392 g/mol. The summed E-state index contributed by atoms with van der Waals surface area (Å²) < 4.78 is 27.0. The highest BCUT2D eigenvalue weighted by Gasteiger charge is 2.52. The minimum Gasteiger partial charge on any atom is -0.283 e. The van der Waals surface area contributed by atoms with Gasteiger partial charge in [-0.25, -0.2) is 8.42 Å². The number of hydrogen-bond acceptors (Lipinski definition) is 6. The van der Waals surface area contributed by atoms with Crippen molar-refractivity contribution < 1.29 is 18.0 Å². The fourth-order valence-electron chi connectivity index (χ4n) is 4.61. The van der Waals surface area contributed by atoms with Crippen LogP contribution in [-0.4, -0.2) is 67.2 Å². The third kappa shape index (κ3) is 3.56. The molecule has 2 aliphatic heterocycles. The van der Waals surface area contributed by atoms with Crippen LogP contribution < -0.4 is 0 Å². The average molecular weight is 417 g/mol. The minimum atomic E-state index is -3.63. The van der Waals surface area contributed by atoms with Crippen LogP contribution in [0.4, 0.5) is 0 Å². The first-order valence-corrected chi connectivity index (χ1v) is 11.4. The van der Waals surface area contributed by atoms with Crippen molar-refractivity contribution in [2.24, 2.45) is 5.41 Å². The molecule has 2 heterocycles. The number of amides is 2. The van der Waals surface area contributed by atoms with Gasteiger partial charge in [0.15, 0.2) is 0 Å². The molecule has 9 heteroatoms. The number of carbonyl (C=O) groups excluding carboxylic acids is 2. The smallest absolute Gasteiger partial charge is 0.243 e. The van der Waals surface area contributed by atoms with Crippen LogP contribution >= 0.6 is 0 Å². The van der Waals surface area contributed by atoms with Gasteiger partial charge in [0.25, 0.3) is 0 Å². The Kier molecular flexibility index (Phi) is 5.19. The molecule has 1 spiro atoms. The Morgan fingerprint density at radius 2 is 1.62 bits per heavy atom. The third-order valence-electron chi connectivity index (χ3n) is 6.34. The first-order valence-electron chi connectivity index (χ1n) is 9.93. The number of nitrogens with zero attached hydrogens (tertiary/aromatic N) is 4. The van der Waals surface area contributed by atoms with Crippen molar-refractivity contribution in [2.45, 2.75) is 37.0 Å². The molecule has 2 saturated heterocycles. The quantitative estimate of drug-likeness (QED) is 0.682. The van der Waals surface area contributed by atoms with Crippen LogP contribution in [0.2, 0.25) is 0 Å². The molecule has 1 aliphatic carbocycles. The zero-order valence-corrected chi connectivity index (χ0v) is 17.0. The van der Waals surface area contributed by atoms with Crippen molar-refractivity contribution in [3.8, 4) is 6.07 Å². The normalized spacial score (nSPS) is 23.1. The molecule has 8 nitrogen and oxygen atoms in total. The fourth-order valence-corrected chi connectivity index (χ4v) is 6.03. The summed E-state index contributed by atoms with van der Waals surface area (Å²) in [5, 5.41) is 8.86. The summed E-state index contributed by atoms with van der Waals surface area (Å²) in [6.45, 7) is 1.75. The Morgan fingerprint density at radius 3 is 2.21 bits per heavy atom. The highest BCUT2D eigenvalue weighted by Crippen LogP contribution is 2.46. The summed E-state index contributed by atoms with van der Waals surface area (Å²) in [7, 11) is -3.63. The number of hydrogen-bond donors (Lipinski definition) is 0. The van der Waals surface area contributed by atoms with Crippen molar-refractivity contribution in [2.75, 3.05) is 32.8 Å². The molecule has 1 aromatic rings. The van der Waals surface area contributed by atoms with Gasteiger partial charge in [-0.2, -0.15) is 9.57 Å². The van der Waals surface area contributed by atoms with E-state index >= 15 is 0 Å². The van der Waals surface area contributed by atoms with Crippen molar-refractivity contribution in [1.82, 2.24) is 14.1 Å². The number of sulfonamides is 1. The SMILES string of the molecule is N#Cc1ccc(S(=O)(=O)N2CCN(CN3C(=O)CC4(CCCC4)C3=O)CC2)cc1. The van der Waals surface area contributed by atoms with E-state index in [1.807, 2.05) is 11.0 Å². The Bertz CT molecular complexity index is 953. The van der Waals surface area contributed by atoms with Gasteiger partial charge >= 0.3 is 0 Å². The molecule has 0 radical (unpaired) electrons. The predicted octanol–water partition coefficient (Wildman–Crippen LogP) is 1.14. The maximum Gasteiger partial charge on any atom is 0.243 e. The van der Waals surface area contributed by atoms with E-state index in [1.165, 1.54) is 33.5 Å². The number of imide groups is 1. The topological polar surface area (TPSA) is 102 Å². The Morgan fingerprint density at radius 1 is 1.00 bits per heavy atom. The number of likely N-dealkylation sites (tertiary alicyclic amines) is 1. The lowest BCUT2D eigenvalue weighted by molar-refractivity contribution is -0.144. The van der Waals surface area contributed by atoms with Gasteiger partial charge in [0.05, 0.1) is 28.6 Å². The monoisotopic (exact) mass is 416 g/mol. The van der Waals surface area contributed by atoms with Crippen LogP contribution in [0.15, 0.2) is 29.2 Å². The van der Waals surface area contributed by atoms with Gasteiger partial charge in [0, 0.05) is 32.6 Å². The standard InChI is InChI=1S/C20H24N4O4S/c21-14-16-3-5-17(6-4-16)29(27,28)23-11-9-22(10-12-23)15-24-18(25)13-20(19(24)26)7-1-2-8-20/h3-6H,1-2,7-13,15H2. The Hall–Kier alpha value is -2.28. The number of carbonyl (C=O) groups is 2. The zero-order chi connectivity index (χ0) is 20.6. The summed E-state index contributed by atoms with van der Waals surface area (Å²) in [6.07, 6.45) is 3.91. The van der Waals surface area contributed by atoms with Crippen LogP contribution in [0.5, 0.6) is 0 Å². The van der Waals surface area contributed by atoms with Gasteiger partial charge in [-0.3, -0.25) is 19.4 Å². The van der Waals surface area contributed by atoms with Crippen molar-refractivity contribution in [3.05, 3.63) is 29.8 Å². The first kappa shape index (κ1) is 20.0. The molecular formula is C20H24N4O4S. The largest absolute Gasteiger partial charge is 0.283 e. The average Bonchev–Trinajstić information content (AvgIpc) is 3.29. The Labute approximate surface area is 170 Å². The number of rotatable bonds is 4. The van der Waals surface area contributed by atoms with Gasteiger partial charge in [0.2, 0.25) is 21.8 Å². The van der Waals surface area contributed by atoms with Crippen LogP contribution in [0, 0.1) is 16.7 Å². The molecule has 0 bridgehead atoms. The molecule has 154 valence electrons. The predicted molar refractivity (Wildman–Crippen MR) is 104 cm³/mol. The van der Waals surface area contributed by atoms with Gasteiger partial charge in [-0.15, -0.1) is 0 Å². The van der Waals surface area contributed by atoms with Crippen LogP contribution in [0.25, 0.3) is 0 Å². The maximum atomic E-state index is 12.8. The van der Waals surface area contributed by atoms with Crippen molar-refractivity contribution in [1.29, 1.82) is 5.26 Å². The molecule has 4 rings (SSSR count). The van der Waals surface area contributed by atoms with E-state index in [9.17, 15) is 18.0 Å². The minimum absolute atomic E-state index is 0.0485. The highest BCUT2D eigenvalue weighted by molar-refractivity contribution is 7.89. The van der Waals surface area contributed by atoms with Gasteiger partial charge in [0.1, 0.15) is 0 Å². The van der Waals surface area contributed by atoms with Crippen LogP contribution in [0.3, 0.4) is 0 Å². The highest BCUT2D eigenvalue weighted by atomic mass is 32.2. The number of piperazine rings is 1. The van der Waals surface area contributed by atoms with E-state index in [0.717, 1.165) is 25.7 Å². The summed E-state index contributed by atoms with van der Waals surface area (Å²) in [4.78, 5) is 28.8. The van der Waals surface area contributed by atoms with Gasteiger partial charge < -0.3 is 0 Å². The third-order valence-corrected chi connectivity index (χ3v) is 8.26. The summed E-state index contributed by atoms with van der Waals surface area (Å²) in [6, 6.07) is 7.86. The molecule has 0 N–H and O–H groups in total. The molecule has 0 atom stereocenters. The van der Waals surface area contributed by atoms with E-state index < -0.39 is 15.4 Å². The lowest BCUT2D eigenvalue weighted by Gasteiger charge is -2.35. The lowest BCUT2D eigenvalue weighted by Crippen LogP contribution is -2.52. The van der Waals surface area contributed by atoms with E-state index in [0.29, 0.717) is 38.2 Å². The fraction of sp³-hybridized carbons (Fsp3) is 0.550. The van der Waals surface area contributed by atoms with E-state index in [4.69, 9.17) is 5.26 Å². The van der Waals surface area contributed by atoms with E-state index in [2.05, 4.69) is 0 Å². The van der Waals surface area contributed by atoms with Crippen molar-refractivity contribution in [3.63, 3.8) is 0 Å². The molecule has 0 unspecified atom stereocenters. The molecule has 1 aromatic carbocycles. The molecule has 3 fully saturated rings. The molecule has 0 aromatic heterocycles. The van der Waals surface area contributed by atoms with Gasteiger partial charge in [-0.05, 0) is 37.1 Å². The number of nitriles is 1. The van der Waals surface area contributed by atoms with Gasteiger partial charge in [-0.1, -0.05) is 12.8 Å². The second-order valence-electron chi connectivity index (χ2n) is 8.09. The Balaban J connectivity index is 1.37. The summed E-state index contributed by atoms with van der Waals surface area (Å²) >= 11 is 0. The van der Waals surface area contributed by atoms with E-state index in [1.54, 1.807) is 0 Å². The maximum absolute atomic E-state index is 12.8. The zero-order valence-electron chi connectivity index (χ0n) is 16.2. The molecule has 2 amide bonds. The lowest BCUT2D eigenvalue weighted by atomic mass is 9.85. The number of benzene rings is 1.